The maximum Gasteiger partial charge on any atom is 0.126 e. The van der Waals surface area contributed by atoms with Crippen molar-refractivity contribution in [2.75, 3.05) is 13.1 Å². The Balaban J connectivity index is 2.24. The molecule has 0 aliphatic carbocycles. The van der Waals surface area contributed by atoms with Crippen LogP contribution in [0.2, 0.25) is 0 Å². The van der Waals surface area contributed by atoms with E-state index in [9.17, 15) is 9.50 Å². The van der Waals surface area contributed by atoms with Crippen LogP contribution < -0.4 is 5.32 Å². The summed E-state index contributed by atoms with van der Waals surface area (Å²) >= 11 is 0. The van der Waals surface area contributed by atoms with Gasteiger partial charge in [-0.1, -0.05) is 6.07 Å². The molecule has 0 spiro atoms. The first-order valence-electron chi connectivity index (χ1n) is 5.86. The molecule has 2 atom stereocenters. The second-order valence-electron chi connectivity index (χ2n) is 4.48. The van der Waals surface area contributed by atoms with Crippen LogP contribution in [0.15, 0.2) is 18.2 Å². The normalized spacial score (nSPS) is 23.0. The molecule has 1 aliphatic rings. The van der Waals surface area contributed by atoms with Crippen molar-refractivity contribution in [2.45, 2.75) is 31.9 Å². The number of aromatic hydroxyl groups is 1. The van der Waals surface area contributed by atoms with Gasteiger partial charge >= 0.3 is 0 Å². The molecule has 1 saturated heterocycles. The van der Waals surface area contributed by atoms with Gasteiger partial charge in [-0.05, 0) is 49.9 Å². The van der Waals surface area contributed by atoms with Crippen molar-refractivity contribution < 1.29 is 9.50 Å². The van der Waals surface area contributed by atoms with Gasteiger partial charge in [0.1, 0.15) is 11.9 Å². The van der Waals surface area contributed by atoms with Crippen LogP contribution in [0.1, 0.15) is 43.0 Å². The highest BCUT2D eigenvalue weighted by atomic mass is 19.1. The van der Waals surface area contributed by atoms with Crippen LogP contribution in [0.4, 0.5) is 4.39 Å². The molecule has 88 valence electrons. The van der Waals surface area contributed by atoms with Crippen molar-refractivity contribution in [3.63, 3.8) is 0 Å². The molecule has 2 nitrogen and oxygen atoms in total. The van der Waals surface area contributed by atoms with Crippen molar-refractivity contribution in [1.82, 2.24) is 5.32 Å². The van der Waals surface area contributed by atoms with Crippen molar-refractivity contribution in [2.24, 2.45) is 0 Å². The molecule has 3 heteroatoms. The standard InChI is InChI=1S/C13H18FNO/c1-9(14)12-7-10(4-5-13(12)16)11-3-2-6-15-8-11/h4-5,7,9,11,15-16H,2-3,6,8H2,1H3. The van der Waals surface area contributed by atoms with Gasteiger partial charge in [-0.15, -0.1) is 0 Å². The van der Waals surface area contributed by atoms with Gasteiger partial charge in [-0.25, -0.2) is 4.39 Å². The van der Waals surface area contributed by atoms with Crippen LogP contribution in [-0.2, 0) is 0 Å². The van der Waals surface area contributed by atoms with Gasteiger partial charge in [0.15, 0.2) is 0 Å². The minimum Gasteiger partial charge on any atom is -0.508 e. The second kappa shape index (κ2) is 4.83. The van der Waals surface area contributed by atoms with E-state index >= 15 is 0 Å². The fraction of sp³-hybridized carbons (Fsp3) is 0.538. The third kappa shape index (κ3) is 2.35. The highest BCUT2D eigenvalue weighted by Gasteiger charge is 2.17. The third-order valence-corrected chi connectivity index (χ3v) is 3.25. The molecule has 2 N–H and O–H groups in total. The van der Waals surface area contributed by atoms with Crippen molar-refractivity contribution in [1.29, 1.82) is 0 Å². The number of phenols is 1. The van der Waals surface area contributed by atoms with Gasteiger partial charge in [0, 0.05) is 12.1 Å². The summed E-state index contributed by atoms with van der Waals surface area (Å²) in [7, 11) is 0. The molecule has 0 saturated carbocycles. The average molecular weight is 223 g/mol. The summed E-state index contributed by atoms with van der Waals surface area (Å²) in [6.45, 7) is 3.48. The Bertz CT molecular complexity index is 359. The third-order valence-electron chi connectivity index (χ3n) is 3.25. The second-order valence-corrected chi connectivity index (χ2v) is 4.48. The topological polar surface area (TPSA) is 32.3 Å². The molecule has 1 fully saturated rings. The largest absolute Gasteiger partial charge is 0.508 e. The van der Waals surface area contributed by atoms with E-state index in [1.165, 1.54) is 6.92 Å². The molecule has 2 unspecified atom stereocenters. The summed E-state index contributed by atoms with van der Waals surface area (Å²) < 4.78 is 13.3. The van der Waals surface area contributed by atoms with Crippen LogP contribution in [0, 0.1) is 0 Å². The Labute approximate surface area is 95.5 Å². The average Bonchev–Trinajstić information content (AvgIpc) is 2.30. The van der Waals surface area contributed by atoms with E-state index in [4.69, 9.17) is 0 Å². The van der Waals surface area contributed by atoms with Crippen molar-refractivity contribution >= 4 is 0 Å². The van der Waals surface area contributed by atoms with Gasteiger partial charge in [0.2, 0.25) is 0 Å². The highest BCUT2D eigenvalue weighted by Crippen LogP contribution is 2.31. The van der Waals surface area contributed by atoms with E-state index < -0.39 is 6.17 Å². The molecule has 1 aliphatic heterocycles. The Hall–Kier alpha value is -1.09. The number of alkyl halides is 1. The first kappa shape index (κ1) is 11.4. The first-order chi connectivity index (χ1) is 7.68. The number of rotatable bonds is 2. The lowest BCUT2D eigenvalue weighted by Crippen LogP contribution is -2.28. The summed E-state index contributed by atoms with van der Waals surface area (Å²) in [5.74, 6) is 0.509. The van der Waals surface area contributed by atoms with Gasteiger partial charge < -0.3 is 10.4 Å². The van der Waals surface area contributed by atoms with Gasteiger partial charge in [-0.2, -0.15) is 0 Å². The number of halogens is 1. The van der Waals surface area contributed by atoms with Crippen molar-refractivity contribution in [3.05, 3.63) is 29.3 Å². The molecule has 0 bridgehead atoms. The lowest BCUT2D eigenvalue weighted by molar-refractivity contribution is 0.355. The molecular formula is C13H18FNO. The minimum absolute atomic E-state index is 0.0579. The maximum absolute atomic E-state index is 13.3. The zero-order valence-electron chi connectivity index (χ0n) is 9.54. The summed E-state index contributed by atoms with van der Waals surface area (Å²) in [6, 6.07) is 5.31. The quantitative estimate of drug-likeness (QED) is 0.808. The van der Waals surface area contributed by atoms with E-state index in [-0.39, 0.29) is 5.75 Å². The predicted molar refractivity (Wildman–Crippen MR) is 62.5 cm³/mol. The molecular weight excluding hydrogens is 205 g/mol. The summed E-state index contributed by atoms with van der Waals surface area (Å²) in [5, 5.41) is 12.9. The number of nitrogens with one attached hydrogen (secondary N) is 1. The minimum atomic E-state index is -1.11. The number of phenolic OH excluding ortho intramolecular Hbond substituents is 1. The fourth-order valence-electron chi connectivity index (χ4n) is 2.28. The van der Waals surface area contributed by atoms with Crippen LogP contribution in [0.5, 0.6) is 5.75 Å². The number of benzene rings is 1. The first-order valence-corrected chi connectivity index (χ1v) is 5.86. The Morgan fingerprint density at radius 3 is 2.94 bits per heavy atom. The number of piperidine rings is 1. The Morgan fingerprint density at radius 2 is 2.31 bits per heavy atom. The van der Waals surface area contributed by atoms with E-state index in [1.54, 1.807) is 12.1 Å². The zero-order valence-corrected chi connectivity index (χ0v) is 9.54. The van der Waals surface area contributed by atoms with Crippen LogP contribution in [0.3, 0.4) is 0 Å². The maximum atomic E-state index is 13.3. The fourth-order valence-corrected chi connectivity index (χ4v) is 2.28. The SMILES string of the molecule is CC(F)c1cc(C2CCCNC2)ccc1O. The molecule has 1 aromatic carbocycles. The summed E-state index contributed by atoms with van der Waals surface area (Å²) in [5.41, 5.74) is 1.53. The van der Waals surface area contributed by atoms with Crippen LogP contribution in [-0.4, -0.2) is 18.2 Å². The number of hydrogen-bond acceptors (Lipinski definition) is 2. The molecule has 1 aromatic rings. The Morgan fingerprint density at radius 1 is 1.50 bits per heavy atom. The molecule has 16 heavy (non-hydrogen) atoms. The molecule has 0 aromatic heterocycles. The van der Waals surface area contributed by atoms with E-state index in [0.29, 0.717) is 11.5 Å². The molecule has 1 heterocycles. The molecule has 0 amide bonds. The van der Waals surface area contributed by atoms with Crippen molar-refractivity contribution in [3.8, 4) is 5.75 Å². The smallest absolute Gasteiger partial charge is 0.126 e. The van der Waals surface area contributed by atoms with E-state index in [2.05, 4.69) is 5.32 Å². The summed E-state index contributed by atoms with van der Waals surface area (Å²) in [6.07, 6.45) is 1.18. The molecule has 2 rings (SSSR count). The predicted octanol–water partition coefficient (Wildman–Crippen LogP) is 2.89. The number of hydrogen-bond donors (Lipinski definition) is 2. The van der Waals surface area contributed by atoms with E-state index in [1.807, 2.05) is 6.07 Å². The monoisotopic (exact) mass is 223 g/mol. The lowest BCUT2D eigenvalue weighted by Gasteiger charge is -2.23. The van der Waals surface area contributed by atoms with Gasteiger partial charge in [0.05, 0.1) is 0 Å². The lowest BCUT2D eigenvalue weighted by atomic mass is 9.90. The van der Waals surface area contributed by atoms with Gasteiger partial charge in [0.25, 0.3) is 0 Å². The molecule has 0 radical (unpaired) electrons. The van der Waals surface area contributed by atoms with Crippen LogP contribution in [0.25, 0.3) is 0 Å². The van der Waals surface area contributed by atoms with Crippen LogP contribution >= 0.6 is 0 Å². The van der Waals surface area contributed by atoms with Gasteiger partial charge in [-0.3, -0.25) is 0 Å². The summed E-state index contributed by atoms with van der Waals surface area (Å²) in [4.78, 5) is 0. The van der Waals surface area contributed by atoms with E-state index in [0.717, 1.165) is 31.5 Å². The zero-order chi connectivity index (χ0) is 11.5. The Kier molecular flexibility index (Phi) is 3.44. The highest BCUT2D eigenvalue weighted by molar-refractivity contribution is 5.39.